The maximum absolute atomic E-state index is 13.1. The third-order valence-electron chi connectivity index (χ3n) is 4.78. The van der Waals surface area contributed by atoms with E-state index in [-0.39, 0.29) is 11.7 Å². The number of carbonyl (C=O) groups is 1. The Labute approximate surface area is 166 Å². The highest BCUT2D eigenvalue weighted by Crippen LogP contribution is 2.36. The molecule has 0 atom stereocenters. The second-order valence-electron chi connectivity index (χ2n) is 6.55. The molecule has 1 aliphatic rings. The van der Waals surface area contributed by atoms with Gasteiger partial charge in [0.15, 0.2) is 5.13 Å². The van der Waals surface area contributed by atoms with Gasteiger partial charge in [-0.15, -0.1) is 0 Å². The number of hydrogen-bond acceptors (Lipinski definition) is 8. The van der Waals surface area contributed by atoms with Crippen LogP contribution in [0, 0.1) is 6.92 Å². The van der Waals surface area contributed by atoms with Gasteiger partial charge in [0.25, 0.3) is 5.91 Å². The van der Waals surface area contributed by atoms with Gasteiger partial charge in [-0.3, -0.25) is 14.6 Å². The summed E-state index contributed by atoms with van der Waals surface area (Å²) < 4.78 is 17.0. The number of rotatable bonds is 6. The summed E-state index contributed by atoms with van der Waals surface area (Å²) in [5, 5.41) is 4.29. The number of ether oxygens (including phenoxy) is 2. The van der Waals surface area contributed by atoms with Gasteiger partial charge in [0.2, 0.25) is 5.76 Å². The number of benzene rings is 1. The second-order valence-corrected chi connectivity index (χ2v) is 7.52. The Morgan fingerprint density at radius 1 is 1.32 bits per heavy atom. The van der Waals surface area contributed by atoms with Crippen molar-refractivity contribution in [2.24, 2.45) is 0 Å². The maximum Gasteiger partial charge on any atom is 0.298 e. The molecule has 0 saturated carbocycles. The molecule has 1 amide bonds. The van der Waals surface area contributed by atoms with Crippen molar-refractivity contribution in [2.75, 3.05) is 51.4 Å². The predicted molar refractivity (Wildman–Crippen MR) is 106 cm³/mol. The van der Waals surface area contributed by atoms with Crippen LogP contribution in [-0.2, 0) is 4.74 Å². The monoisotopic (exact) mass is 402 g/mol. The van der Waals surface area contributed by atoms with E-state index in [0.717, 1.165) is 35.4 Å². The third-order valence-corrected chi connectivity index (χ3v) is 5.99. The molecule has 1 aromatic carbocycles. The van der Waals surface area contributed by atoms with E-state index in [1.165, 1.54) is 17.5 Å². The van der Waals surface area contributed by atoms with E-state index in [2.05, 4.69) is 10.1 Å². The summed E-state index contributed by atoms with van der Waals surface area (Å²) in [5.41, 5.74) is 1.86. The minimum absolute atomic E-state index is 0.199. The van der Waals surface area contributed by atoms with Gasteiger partial charge in [-0.1, -0.05) is 22.6 Å². The van der Waals surface area contributed by atoms with Crippen LogP contribution in [0.2, 0.25) is 0 Å². The number of thiazole rings is 1. The SMILES string of the molecule is COc1ccc(C)c2sc(N(CCN3CCOCC3)C(=O)c3ccno3)nc12. The number of carbonyl (C=O) groups excluding carboxylic acids is 1. The van der Waals surface area contributed by atoms with Crippen LogP contribution in [0.4, 0.5) is 5.13 Å². The van der Waals surface area contributed by atoms with Gasteiger partial charge in [0, 0.05) is 32.2 Å². The Balaban J connectivity index is 1.67. The maximum atomic E-state index is 13.1. The molecule has 0 N–H and O–H groups in total. The Hall–Kier alpha value is -2.49. The fourth-order valence-corrected chi connectivity index (χ4v) is 4.26. The smallest absolute Gasteiger partial charge is 0.298 e. The highest BCUT2D eigenvalue weighted by molar-refractivity contribution is 7.22. The molecule has 9 heteroatoms. The minimum Gasteiger partial charge on any atom is -0.494 e. The number of amides is 1. The zero-order chi connectivity index (χ0) is 19.5. The Morgan fingerprint density at radius 2 is 2.14 bits per heavy atom. The molecule has 0 bridgehead atoms. The number of anilines is 1. The molecule has 3 heterocycles. The van der Waals surface area contributed by atoms with Crippen molar-refractivity contribution in [2.45, 2.75) is 6.92 Å². The lowest BCUT2D eigenvalue weighted by Gasteiger charge is -2.28. The molecule has 8 nitrogen and oxygen atoms in total. The molecule has 148 valence electrons. The van der Waals surface area contributed by atoms with Gasteiger partial charge < -0.3 is 14.0 Å². The average molecular weight is 402 g/mol. The normalized spacial score (nSPS) is 15.1. The average Bonchev–Trinajstić information content (AvgIpc) is 3.40. The summed E-state index contributed by atoms with van der Waals surface area (Å²) in [6, 6.07) is 5.47. The van der Waals surface area contributed by atoms with E-state index in [9.17, 15) is 4.79 Å². The number of aromatic nitrogens is 2. The first kappa shape index (κ1) is 18.9. The number of fused-ring (bicyclic) bond motifs is 1. The molecule has 0 unspecified atom stereocenters. The number of hydrogen-bond donors (Lipinski definition) is 0. The van der Waals surface area contributed by atoms with Crippen molar-refractivity contribution < 1.29 is 18.8 Å². The molecule has 1 aliphatic heterocycles. The first-order valence-electron chi connectivity index (χ1n) is 9.14. The summed E-state index contributed by atoms with van der Waals surface area (Å²) in [5.74, 6) is 0.648. The van der Waals surface area contributed by atoms with Crippen LogP contribution in [0.15, 0.2) is 28.9 Å². The molecule has 2 aromatic heterocycles. The number of morpholine rings is 1. The van der Waals surface area contributed by atoms with Crippen LogP contribution in [0.5, 0.6) is 5.75 Å². The van der Waals surface area contributed by atoms with Crippen LogP contribution in [0.25, 0.3) is 10.2 Å². The summed E-state index contributed by atoms with van der Waals surface area (Å²) in [6.07, 6.45) is 1.47. The van der Waals surface area contributed by atoms with E-state index in [1.807, 2.05) is 19.1 Å². The van der Waals surface area contributed by atoms with E-state index in [4.69, 9.17) is 19.0 Å². The van der Waals surface area contributed by atoms with E-state index in [1.54, 1.807) is 18.1 Å². The van der Waals surface area contributed by atoms with E-state index >= 15 is 0 Å². The standard InChI is InChI=1S/C19H22N4O4S/c1-13-3-4-14(25-2)16-17(13)28-19(21-16)23(18(24)15-5-6-20-27-15)8-7-22-9-11-26-12-10-22/h3-6H,7-12H2,1-2H3. The second kappa shape index (κ2) is 8.26. The highest BCUT2D eigenvalue weighted by atomic mass is 32.1. The molecule has 28 heavy (non-hydrogen) atoms. The van der Waals surface area contributed by atoms with E-state index < -0.39 is 0 Å². The molecule has 1 fully saturated rings. The van der Waals surface area contributed by atoms with Crippen LogP contribution in [0.3, 0.4) is 0 Å². The fourth-order valence-electron chi connectivity index (χ4n) is 3.19. The van der Waals surface area contributed by atoms with Crippen molar-refractivity contribution in [3.63, 3.8) is 0 Å². The molecule has 0 spiro atoms. The van der Waals surface area contributed by atoms with Crippen LogP contribution in [0.1, 0.15) is 16.1 Å². The van der Waals surface area contributed by atoms with Crippen LogP contribution < -0.4 is 9.64 Å². The van der Waals surface area contributed by atoms with Crippen molar-refractivity contribution >= 4 is 32.6 Å². The summed E-state index contributed by atoms with van der Waals surface area (Å²) in [4.78, 5) is 21.8. The predicted octanol–water partition coefficient (Wildman–Crippen LogP) is 2.58. The highest BCUT2D eigenvalue weighted by Gasteiger charge is 2.26. The Kier molecular flexibility index (Phi) is 5.56. The Bertz CT molecular complexity index is 950. The molecule has 0 aliphatic carbocycles. The summed E-state index contributed by atoms with van der Waals surface area (Å²) >= 11 is 1.48. The zero-order valence-electron chi connectivity index (χ0n) is 15.9. The quantitative estimate of drug-likeness (QED) is 0.627. The van der Waals surface area contributed by atoms with E-state index in [0.29, 0.717) is 30.6 Å². The van der Waals surface area contributed by atoms with Gasteiger partial charge in [0.05, 0.1) is 31.2 Å². The lowest BCUT2D eigenvalue weighted by Crippen LogP contribution is -2.43. The Morgan fingerprint density at radius 3 is 2.86 bits per heavy atom. The summed E-state index contributed by atoms with van der Waals surface area (Å²) in [7, 11) is 1.62. The van der Waals surface area contributed by atoms with Crippen molar-refractivity contribution in [3.05, 3.63) is 35.7 Å². The molecular weight excluding hydrogens is 380 g/mol. The fraction of sp³-hybridized carbons (Fsp3) is 0.421. The summed E-state index contributed by atoms with van der Waals surface area (Å²) in [6.45, 7) is 6.41. The van der Waals surface area contributed by atoms with Gasteiger partial charge in [-0.05, 0) is 18.6 Å². The molecular formula is C19H22N4O4S. The molecule has 1 saturated heterocycles. The molecule has 4 rings (SSSR count). The van der Waals surface area contributed by atoms with Crippen molar-refractivity contribution in [1.82, 2.24) is 15.0 Å². The number of aryl methyl sites for hydroxylation is 1. The zero-order valence-corrected chi connectivity index (χ0v) is 16.7. The molecule has 3 aromatic rings. The first-order valence-corrected chi connectivity index (χ1v) is 9.96. The van der Waals surface area contributed by atoms with Gasteiger partial charge in [-0.2, -0.15) is 0 Å². The van der Waals surface area contributed by atoms with Crippen LogP contribution in [-0.4, -0.2) is 67.5 Å². The third kappa shape index (κ3) is 3.73. The lowest BCUT2D eigenvalue weighted by atomic mass is 10.2. The van der Waals surface area contributed by atoms with Gasteiger partial charge >= 0.3 is 0 Å². The van der Waals surface area contributed by atoms with Crippen molar-refractivity contribution in [3.8, 4) is 5.75 Å². The van der Waals surface area contributed by atoms with Gasteiger partial charge in [-0.25, -0.2) is 4.98 Å². The molecule has 0 radical (unpaired) electrons. The van der Waals surface area contributed by atoms with Gasteiger partial charge in [0.1, 0.15) is 11.3 Å². The lowest BCUT2D eigenvalue weighted by molar-refractivity contribution is 0.0390. The largest absolute Gasteiger partial charge is 0.494 e. The number of nitrogens with zero attached hydrogens (tertiary/aromatic N) is 4. The topological polar surface area (TPSA) is 80.9 Å². The minimum atomic E-state index is -0.249. The first-order chi connectivity index (χ1) is 13.7. The number of methoxy groups -OCH3 is 1. The van der Waals surface area contributed by atoms with Crippen molar-refractivity contribution in [1.29, 1.82) is 0 Å². The van der Waals surface area contributed by atoms with Crippen LogP contribution >= 0.6 is 11.3 Å².